The molecule has 0 aromatic heterocycles. The van der Waals surface area contributed by atoms with Gasteiger partial charge in [-0.25, -0.2) is 13.1 Å². The van der Waals surface area contributed by atoms with Crippen molar-refractivity contribution >= 4 is 27.6 Å². The third-order valence-corrected chi connectivity index (χ3v) is 5.56. The fourth-order valence-electron chi connectivity index (χ4n) is 2.56. The van der Waals surface area contributed by atoms with E-state index in [0.717, 1.165) is 0 Å². The quantitative estimate of drug-likeness (QED) is 0.648. The van der Waals surface area contributed by atoms with E-state index in [-0.39, 0.29) is 24.5 Å². The van der Waals surface area contributed by atoms with Gasteiger partial charge < -0.3 is 19.5 Å². The summed E-state index contributed by atoms with van der Waals surface area (Å²) in [5.74, 6) is 0.137. The number of hydrogen-bond acceptors (Lipinski definition) is 7. The molecule has 0 saturated carbocycles. The van der Waals surface area contributed by atoms with Gasteiger partial charge in [-0.2, -0.15) is 0 Å². The number of carbonyl (C=O) groups excluding carboxylic acids is 2. The summed E-state index contributed by atoms with van der Waals surface area (Å²) in [5, 5.41) is 2.67. The molecule has 0 fully saturated rings. The van der Waals surface area contributed by atoms with E-state index < -0.39 is 28.0 Å². The lowest BCUT2D eigenvalue weighted by molar-refractivity contribution is -0.140. The topological polar surface area (TPSA) is 120 Å². The van der Waals surface area contributed by atoms with E-state index >= 15 is 0 Å². The first-order chi connectivity index (χ1) is 13.9. The Kier molecular flexibility index (Phi) is 6.35. The van der Waals surface area contributed by atoms with Crippen molar-refractivity contribution in [3.63, 3.8) is 0 Å². The van der Waals surface area contributed by atoms with Gasteiger partial charge in [0.25, 0.3) is 5.91 Å². The first kappa shape index (κ1) is 20.6. The Hall–Kier alpha value is -3.11. The number of fused-ring (bicyclic) bond motifs is 1. The average molecular weight is 420 g/mol. The number of esters is 1. The van der Waals surface area contributed by atoms with Crippen LogP contribution in [0.5, 0.6) is 11.5 Å². The Morgan fingerprint density at radius 1 is 1.10 bits per heavy atom. The molecule has 1 heterocycles. The van der Waals surface area contributed by atoms with Gasteiger partial charge >= 0.3 is 5.97 Å². The highest BCUT2D eigenvalue weighted by atomic mass is 32.2. The van der Waals surface area contributed by atoms with Gasteiger partial charge in [-0.1, -0.05) is 12.1 Å². The van der Waals surface area contributed by atoms with Crippen LogP contribution in [0.3, 0.4) is 0 Å². The molecule has 29 heavy (non-hydrogen) atoms. The number of sulfonamides is 1. The van der Waals surface area contributed by atoms with Crippen LogP contribution in [0.4, 0.5) is 5.69 Å². The maximum absolute atomic E-state index is 12.4. The average Bonchev–Trinajstić information content (AvgIpc) is 2.73. The summed E-state index contributed by atoms with van der Waals surface area (Å²) in [6, 6.07) is 12.7. The number of ether oxygens (including phenoxy) is 3. The lowest BCUT2D eigenvalue weighted by atomic mass is 10.2. The molecule has 1 aliphatic rings. The standard InChI is InChI=1S/C19H20N2O7S/c1-26-18(22)10-11-20-29(24,25)14-8-6-13(7-9-14)21-19(23)17-12-27-15-4-2-3-5-16(15)28-17/h2-9,17,20H,10-12H2,1H3,(H,21,23)/t17-/m1/s1. The highest BCUT2D eigenvalue weighted by molar-refractivity contribution is 7.89. The molecule has 9 nitrogen and oxygen atoms in total. The number of rotatable bonds is 7. The molecule has 2 aromatic carbocycles. The Labute approximate surface area is 168 Å². The molecule has 0 bridgehead atoms. The van der Waals surface area contributed by atoms with Gasteiger partial charge in [0.15, 0.2) is 11.5 Å². The molecule has 2 N–H and O–H groups in total. The van der Waals surface area contributed by atoms with Crippen LogP contribution in [0.2, 0.25) is 0 Å². The summed E-state index contributed by atoms with van der Waals surface area (Å²) in [5.41, 5.74) is 0.408. The van der Waals surface area contributed by atoms with Gasteiger partial charge in [0, 0.05) is 12.2 Å². The minimum atomic E-state index is -3.78. The van der Waals surface area contributed by atoms with Crippen molar-refractivity contribution in [3.8, 4) is 11.5 Å². The molecule has 0 unspecified atom stereocenters. The van der Waals surface area contributed by atoms with E-state index in [1.807, 2.05) is 6.07 Å². The number of nitrogens with one attached hydrogen (secondary N) is 2. The highest BCUT2D eigenvalue weighted by Gasteiger charge is 2.27. The van der Waals surface area contributed by atoms with Crippen LogP contribution in [0.25, 0.3) is 0 Å². The molecule has 0 radical (unpaired) electrons. The Balaban J connectivity index is 1.57. The second kappa shape index (κ2) is 8.93. The van der Waals surface area contributed by atoms with E-state index in [9.17, 15) is 18.0 Å². The largest absolute Gasteiger partial charge is 0.485 e. The van der Waals surface area contributed by atoms with Crippen LogP contribution in [0.1, 0.15) is 6.42 Å². The maximum Gasteiger partial charge on any atom is 0.306 e. The van der Waals surface area contributed by atoms with Crippen LogP contribution >= 0.6 is 0 Å². The summed E-state index contributed by atoms with van der Waals surface area (Å²) in [7, 11) is -2.55. The van der Waals surface area contributed by atoms with Crippen LogP contribution in [0, 0.1) is 0 Å². The second-order valence-electron chi connectivity index (χ2n) is 6.10. The van der Waals surface area contributed by atoms with Crippen LogP contribution in [0.15, 0.2) is 53.4 Å². The zero-order valence-electron chi connectivity index (χ0n) is 15.6. The van der Waals surface area contributed by atoms with Crippen molar-refractivity contribution in [3.05, 3.63) is 48.5 Å². The summed E-state index contributed by atoms with van der Waals surface area (Å²) in [4.78, 5) is 23.5. The molecule has 3 rings (SSSR count). The van der Waals surface area contributed by atoms with E-state index in [2.05, 4.69) is 14.8 Å². The van der Waals surface area contributed by atoms with Crippen LogP contribution in [-0.2, 0) is 24.3 Å². The Morgan fingerprint density at radius 3 is 2.48 bits per heavy atom. The third-order valence-electron chi connectivity index (χ3n) is 4.08. The van der Waals surface area contributed by atoms with E-state index in [0.29, 0.717) is 17.2 Å². The number of hydrogen-bond donors (Lipinski definition) is 2. The lowest BCUT2D eigenvalue weighted by Crippen LogP contribution is -2.40. The van der Waals surface area contributed by atoms with E-state index in [1.165, 1.54) is 31.4 Å². The van der Waals surface area contributed by atoms with Crippen LogP contribution in [-0.4, -0.2) is 46.7 Å². The third kappa shape index (κ3) is 5.24. The van der Waals surface area contributed by atoms with Gasteiger partial charge in [-0.15, -0.1) is 0 Å². The van der Waals surface area contributed by atoms with Crippen molar-refractivity contribution < 1.29 is 32.2 Å². The molecule has 1 aliphatic heterocycles. The molecule has 0 spiro atoms. The van der Waals surface area contributed by atoms with Crippen LogP contribution < -0.4 is 19.5 Å². The maximum atomic E-state index is 12.4. The van der Waals surface area contributed by atoms with Gasteiger partial charge in [0.1, 0.15) is 6.61 Å². The predicted molar refractivity (Wildman–Crippen MR) is 103 cm³/mol. The SMILES string of the molecule is COC(=O)CCNS(=O)(=O)c1ccc(NC(=O)[C@H]2COc3ccccc3O2)cc1. The van der Waals surface area contributed by atoms with Gasteiger partial charge in [-0.05, 0) is 36.4 Å². The number of amides is 1. The van der Waals surface area contributed by atoms with Crippen molar-refractivity contribution in [1.82, 2.24) is 4.72 Å². The summed E-state index contributed by atoms with van der Waals surface area (Å²) < 4.78 is 42.3. The van der Waals surface area contributed by atoms with Crippen molar-refractivity contribution in [2.45, 2.75) is 17.4 Å². The van der Waals surface area contributed by atoms with Gasteiger partial charge in [0.2, 0.25) is 16.1 Å². The first-order valence-electron chi connectivity index (χ1n) is 8.75. The molecule has 0 saturated heterocycles. The number of para-hydroxylation sites is 2. The number of benzene rings is 2. The van der Waals surface area contributed by atoms with Crippen molar-refractivity contribution in [1.29, 1.82) is 0 Å². The monoisotopic (exact) mass is 420 g/mol. The van der Waals surface area contributed by atoms with E-state index in [1.54, 1.807) is 18.2 Å². The predicted octanol–water partition coefficient (Wildman–Crippen LogP) is 1.31. The number of methoxy groups -OCH3 is 1. The van der Waals surface area contributed by atoms with Gasteiger partial charge in [0.05, 0.1) is 18.4 Å². The zero-order chi connectivity index (χ0) is 20.9. The number of anilines is 1. The summed E-state index contributed by atoms with van der Waals surface area (Å²) >= 11 is 0. The number of carbonyl (C=O) groups is 2. The zero-order valence-corrected chi connectivity index (χ0v) is 16.4. The summed E-state index contributed by atoms with van der Waals surface area (Å²) in [6.45, 7) is -0.00654. The molecule has 1 atom stereocenters. The fraction of sp³-hybridized carbons (Fsp3) is 0.263. The molecular formula is C19H20N2O7S. The Bertz CT molecular complexity index is 990. The van der Waals surface area contributed by atoms with Crippen molar-refractivity contribution in [2.75, 3.05) is 25.6 Å². The fourth-order valence-corrected chi connectivity index (χ4v) is 3.59. The molecule has 154 valence electrons. The molecule has 2 aromatic rings. The first-order valence-corrected chi connectivity index (χ1v) is 10.2. The molecule has 1 amide bonds. The lowest BCUT2D eigenvalue weighted by Gasteiger charge is -2.25. The molecule has 0 aliphatic carbocycles. The molecular weight excluding hydrogens is 400 g/mol. The minimum Gasteiger partial charge on any atom is -0.485 e. The van der Waals surface area contributed by atoms with Crippen molar-refractivity contribution in [2.24, 2.45) is 0 Å². The van der Waals surface area contributed by atoms with Gasteiger partial charge in [-0.3, -0.25) is 9.59 Å². The molecule has 10 heteroatoms. The van der Waals surface area contributed by atoms with E-state index in [4.69, 9.17) is 9.47 Å². The normalized spacial score (nSPS) is 15.4. The summed E-state index contributed by atoms with van der Waals surface area (Å²) in [6.07, 6.45) is -0.899. The minimum absolute atomic E-state index is 0.00606. The Morgan fingerprint density at radius 2 is 1.79 bits per heavy atom. The highest BCUT2D eigenvalue weighted by Crippen LogP contribution is 2.31. The smallest absolute Gasteiger partial charge is 0.306 e. The second-order valence-corrected chi connectivity index (χ2v) is 7.87.